The Kier molecular flexibility index (Phi) is 3.88. The fourth-order valence-electron chi connectivity index (χ4n) is 1.63. The van der Waals surface area contributed by atoms with Crippen molar-refractivity contribution in [2.75, 3.05) is 0 Å². The number of aromatic nitrogens is 1. The predicted octanol–water partition coefficient (Wildman–Crippen LogP) is 1.19. The summed E-state index contributed by atoms with van der Waals surface area (Å²) in [7, 11) is 0. The monoisotopic (exact) mass is 240 g/mol. The summed E-state index contributed by atoms with van der Waals surface area (Å²) in [5, 5.41) is 15.1. The number of aliphatic carboxylic acids is 1. The van der Waals surface area contributed by atoms with E-state index in [1.807, 2.05) is 0 Å². The minimum atomic E-state index is -1.14. The number of carboxylic acid groups (broad SMARTS) is 1. The number of nitrogens with zero attached hydrogens (tertiary/aromatic N) is 1. The molecule has 2 N–H and O–H groups in total. The van der Waals surface area contributed by atoms with Crippen LogP contribution < -0.4 is 5.32 Å². The maximum absolute atomic E-state index is 11.6. The second-order valence-electron chi connectivity index (χ2n) is 4.03. The molecular formula is C11H16N2O4. The van der Waals surface area contributed by atoms with Crippen LogP contribution in [0.25, 0.3) is 0 Å². The van der Waals surface area contributed by atoms with Crippen molar-refractivity contribution in [3.63, 3.8) is 0 Å². The molecule has 1 amide bonds. The fraction of sp³-hybridized carbons (Fsp3) is 0.545. The summed E-state index contributed by atoms with van der Waals surface area (Å²) in [4.78, 5) is 22.2. The summed E-state index contributed by atoms with van der Waals surface area (Å²) < 4.78 is 4.99. The van der Waals surface area contributed by atoms with E-state index in [2.05, 4.69) is 10.5 Å². The summed E-state index contributed by atoms with van der Waals surface area (Å²) >= 11 is 0. The zero-order valence-corrected chi connectivity index (χ0v) is 10.3. The maximum atomic E-state index is 11.6. The first-order valence-electron chi connectivity index (χ1n) is 5.30. The summed E-state index contributed by atoms with van der Waals surface area (Å²) in [5.41, 5.74) is 1.48. The minimum absolute atomic E-state index is 0.324. The smallest absolute Gasteiger partial charge is 0.315 e. The first-order chi connectivity index (χ1) is 7.84. The summed E-state index contributed by atoms with van der Waals surface area (Å²) in [5.74, 6) is -2.12. The number of carbonyl (C=O) groups is 2. The molecule has 0 saturated carbocycles. The molecule has 0 aliphatic carbocycles. The molecule has 1 rings (SSSR count). The van der Waals surface area contributed by atoms with Gasteiger partial charge in [-0.05, 0) is 27.7 Å². The van der Waals surface area contributed by atoms with E-state index in [9.17, 15) is 9.59 Å². The van der Waals surface area contributed by atoms with Gasteiger partial charge in [-0.3, -0.25) is 9.59 Å². The number of carboxylic acids is 1. The van der Waals surface area contributed by atoms with Crippen molar-refractivity contribution < 1.29 is 19.2 Å². The third kappa shape index (κ3) is 2.83. The van der Waals surface area contributed by atoms with Crippen LogP contribution in [0.3, 0.4) is 0 Å². The van der Waals surface area contributed by atoms with Gasteiger partial charge in [-0.2, -0.15) is 0 Å². The Morgan fingerprint density at radius 1 is 1.35 bits per heavy atom. The van der Waals surface area contributed by atoms with Crippen molar-refractivity contribution in [1.82, 2.24) is 10.5 Å². The molecule has 0 spiro atoms. The van der Waals surface area contributed by atoms with Crippen molar-refractivity contribution >= 4 is 11.9 Å². The zero-order valence-electron chi connectivity index (χ0n) is 10.3. The molecule has 2 atom stereocenters. The lowest BCUT2D eigenvalue weighted by Gasteiger charge is -2.15. The second-order valence-corrected chi connectivity index (χ2v) is 4.03. The van der Waals surface area contributed by atoms with Crippen molar-refractivity contribution in [3.8, 4) is 0 Å². The summed E-state index contributed by atoms with van der Waals surface area (Å²) in [6, 6.07) is -0.324. The standard InChI is InChI=1S/C11H16N2O4/c1-5(11(15)16)10(14)12-6(2)9-7(3)13-17-8(9)4/h5-6H,1-4H3,(H,12,14)(H,15,16). The van der Waals surface area contributed by atoms with Crippen molar-refractivity contribution in [2.24, 2.45) is 5.92 Å². The molecule has 17 heavy (non-hydrogen) atoms. The molecule has 0 aliphatic heterocycles. The molecule has 0 saturated heterocycles. The Balaban J connectivity index is 2.77. The average molecular weight is 240 g/mol. The van der Waals surface area contributed by atoms with Gasteiger partial charge in [0.15, 0.2) is 0 Å². The number of amides is 1. The second kappa shape index (κ2) is 4.99. The lowest BCUT2D eigenvalue weighted by atomic mass is 10.1. The SMILES string of the molecule is Cc1noc(C)c1C(C)NC(=O)C(C)C(=O)O. The molecular weight excluding hydrogens is 224 g/mol. The van der Waals surface area contributed by atoms with Gasteiger partial charge in [0.1, 0.15) is 11.7 Å². The molecule has 6 heteroatoms. The van der Waals surface area contributed by atoms with Crippen molar-refractivity contribution in [2.45, 2.75) is 33.7 Å². The first-order valence-corrected chi connectivity index (χ1v) is 5.30. The predicted molar refractivity (Wildman–Crippen MR) is 59.3 cm³/mol. The van der Waals surface area contributed by atoms with Gasteiger partial charge in [0.05, 0.1) is 11.7 Å². The largest absolute Gasteiger partial charge is 0.481 e. The third-order valence-electron chi connectivity index (χ3n) is 2.64. The van der Waals surface area contributed by atoms with E-state index in [-0.39, 0.29) is 6.04 Å². The highest BCUT2D eigenvalue weighted by molar-refractivity contribution is 5.96. The Bertz CT molecular complexity index is 419. The van der Waals surface area contributed by atoms with Crippen LogP contribution in [0.2, 0.25) is 0 Å². The van der Waals surface area contributed by atoms with Gasteiger partial charge >= 0.3 is 5.97 Å². The van der Waals surface area contributed by atoms with Crippen LogP contribution in [0.15, 0.2) is 4.52 Å². The molecule has 1 aromatic heterocycles. The highest BCUT2D eigenvalue weighted by Crippen LogP contribution is 2.21. The Morgan fingerprint density at radius 2 is 1.94 bits per heavy atom. The van der Waals surface area contributed by atoms with E-state index in [1.165, 1.54) is 6.92 Å². The van der Waals surface area contributed by atoms with Gasteiger partial charge in [-0.25, -0.2) is 0 Å². The van der Waals surface area contributed by atoms with Crippen molar-refractivity contribution in [3.05, 3.63) is 17.0 Å². The lowest BCUT2D eigenvalue weighted by Crippen LogP contribution is -2.35. The molecule has 94 valence electrons. The van der Waals surface area contributed by atoms with Gasteiger partial charge in [-0.1, -0.05) is 5.16 Å². The number of nitrogens with one attached hydrogen (secondary N) is 1. The molecule has 2 unspecified atom stereocenters. The first kappa shape index (κ1) is 13.2. The van der Waals surface area contributed by atoms with Crippen LogP contribution >= 0.6 is 0 Å². The van der Waals surface area contributed by atoms with Gasteiger partial charge in [0.25, 0.3) is 0 Å². The summed E-state index contributed by atoms with van der Waals surface area (Å²) in [6.45, 7) is 6.63. The fourth-order valence-corrected chi connectivity index (χ4v) is 1.63. The number of aryl methyl sites for hydroxylation is 2. The average Bonchev–Trinajstić information content (AvgIpc) is 2.56. The Labute approximate surface area is 99.0 Å². The van der Waals surface area contributed by atoms with E-state index in [0.717, 1.165) is 5.56 Å². The minimum Gasteiger partial charge on any atom is -0.481 e. The molecule has 0 aromatic carbocycles. The molecule has 0 bridgehead atoms. The van der Waals surface area contributed by atoms with Crippen LogP contribution in [-0.4, -0.2) is 22.1 Å². The highest BCUT2D eigenvalue weighted by atomic mass is 16.5. The molecule has 1 aromatic rings. The van der Waals surface area contributed by atoms with Crippen LogP contribution in [0.1, 0.15) is 36.9 Å². The number of rotatable bonds is 4. The Hall–Kier alpha value is -1.85. The van der Waals surface area contributed by atoms with Crippen LogP contribution in [0, 0.1) is 19.8 Å². The summed E-state index contributed by atoms with van der Waals surface area (Å²) in [6.07, 6.45) is 0. The quantitative estimate of drug-likeness (QED) is 0.771. The topological polar surface area (TPSA) is 92.4 Å². The van der Waals surface area contributed by atoms with Crippen molar-refractivity contribution in [1.29, 1.82) is 0 Å². The normalized spacial score (nSPS) is 14.1. The van der Waals surface area contributed by atoms with Gasteiger partial charge in [0.2, 0.25) is 5.91 Å². The maximum Gasteiger partial charge on any atom is 0.315 e. The van der Waals surface area contributed by atoms with Crippen LogP contribution in [-0.2, 0) is 9.59 Å². The van der Waals surface area contributed by atoms with E-state index >= 15 is 0 Å². The third-order valence-corrected chi connectivity index (χ3v) is 2.64. The van der Waals surface area contributed by atoms with E-state index in [4.69, 9.17) is 9.63 Å². The molecule has 0 fully saturated rings. The number of hydrogen-bond donors (Lipinski definition) is 2. The van der Waals surface area contributed by atoms with Gasteiger partial charge in [-0.15, -0.1) is 0 Å². The van der Waals surface area contributed by atoms with Gasteiger partial charge < -0.3 is 14.9 Å². The molecule has 0 radical (unpaired) electrons. The van der Waals surface area contributed by atoms with Crippen LogP contribution in [0.5, 0.6) is 0 Å². The van der Waals surface area contributed by atoms with E-state index < -0.39 is 17.8 Å². The Morgan fingerprint density at radius 3 is 2.35 bits per heavy atom. The molecule has 0 aliphatic rings. The van der Waals surface area contributed by atoms with Crippen LogP contribution in [0.4, 0.5) is 0 Å². The molecule has 1 heterocycles. The number of carbonyl (C=O) groups excluding carboxylic acids is 1. The van der Waals surface area contributed by atoms with E-state index in [1.54, 1.807) is 20.8 Å². The zero-order chi connectivity index (χ0) is 13.2. The van der Waals surface area contributed by atoms with E-state index in [0.29, 0.717) is 11.5 Å². The number of hydrogen-bond acceptors (Lipinski definition) is 4. The molecule has 6 nitrogen and oxygen atoms in total. The van der Waals surface area contributed by atoms with Gasteiger partial charge in [0, 0.05) is 5.56 Å². The highest BCUT2D eigenvalue weighted by Gasteiger charge is 2.24. The lowest BCUT2D eigenvalue weighted by molar-refractivity contribution is -0.146.